The molecule has 32 heavy (non-hydrogen) atoms. The van der Waals surface area contributed by atoms with E-state index in [2.05, 4.69) is 52.7 Å². The molecule has 1 amide bonds. The van der Waals surface area contributed by atoms with Crippen LogP contribution in [0.1, 0.15) is 36.4 Å². The molecule has 0 bridgehead atoms. The normalized spacial score (nSPS) is 26.4. The maximum Gasteiger partial charge on any atom is 0.263 e. The highest BCUT2D eigenvalue weighted by atomic mass is 32.2. The largest absolute Gasteiger partial charge is 0.356 e. The van der Waals surface area contributed by atoms with Crippen LogP contribution in [0.25, 0.3) is 6.08 Å². The first-order chi connectivity index (χ1) is 15.8. The van der Waals surface area contributed by atoms with Gasteiger partial charge in [0.15, 0.2) is 5.50 Å². The number of amides is 1. The standard InChI is InChI=1S/C26H24N2OS3/c29-24-21(16-17-8-3-1-4-9-17)32-26-27-22-19(12-7-13-20(22)25-30-14-15-31-25)23(28(24)26)18-10-5-2-6-11-18/h1-6,8-11,16,23,26-27H,7,12-15H2. The second-order valence-electron chi connectivity index (χ2n) is 8.28. The predicted molar refractivity (Wildman–Crippen MR) is 138 cm³/mol. The third kappa shape index (κ3) is 3.62. The van der Waals surface area contributed by atoms with Gasteiger partial charge in [-0.15, -0.1) is 23.5 Å². The summed E-state index contributed by atoms with van der Waals surface area (Å²) in [4.78, 5) is 16.6. The molecule has 0 radical (unpaired) electrons. The van der Waals surface area contributed by atoms with E-state index in [1.807, 2.05) is 47.8 Å². The zero-order valence-corrected chi connectivity index (χ0v) is 20.1. The van der Waals surface area contributed by atoms with Crippen LogP contribution < -0.4 is 5.32 Å². The van der Waals surface area contributed by atoms with Crippen LogP contribution in [0.2, 0.25) is 0 Å². The third-order valence-corrected chi connectivity index (χ3v) is 10.2. The lowest BCUT2D eigenvalue weighted by molar-refractivity contribution is -0.128. The van der Waals surface area contributed by atoms with Crippen molar-refractivity contribution in [1.82, 2.24) is 10.2 Å². The van der Waals surface area contributed by atoms with E-state index >= 15 is 0 Å². The number of fused-ring (bicyclic) bond motifs is 1. The molecule has 3 heterocycles. The van der Waals surface area contributed by atoms with Gasteiger partial charge in [-0.2, -0.15) is 0 Å². The van der Waals surface area contributed by atoms with Gasteiger partial charge in [-0.05, 0) is 47.6 Å². The maximum atomic E-state index is 13.7. The molecule has 2 fully saturated rings. The van der Waals surface area contributed by atoms with Gasteiger partial charge in [0.05, 0.1) is 10.9 Å². The Balaban J connectivity index is 1.46. The van der Waals surface area contributed by atoms with Crippen LogP contribution in [-0.2, 0) is 4.79 Å². The molecule has 0 spiro atoms. The summed E-state index contributed by atoms with van der Waals surface area (Å²) in [5.74, 6) is 2.52. The maximum absolute atomic E-state index is 13.7. The van der Waals surface area contributed by atoms with E-state index in [0.29, 0.717) is 0 Å². The Morgan fingerprint density at radius 3 is 2.41 bits per heavy atom. The zero-order valence-electron chi connectivity index (χ0n) is 17.6. The fraction of sp³-hybridized carbons (Fsp3) is 0.269. The minimum absolute atomic E-state index is 0.00794. The fourth-order valence-electron chi connectivity index (χ4n) is 4.94. The number of nitrogens with one attached hydrogen (secondary N) is 1. The third-order valence-electron chi connectivity index (χ3n) is 6.32. The number of hydrogen-bond donors (Lipinski definition) is 1. The average molecular weight is 477 g/mol. The van der Waals surface area contributed by atoms with Crippen LogP contribution in [0, 0.1) is 0 Å². The Morgan fingerprint density at radius 2 is 1.66 bits per heavy atom. The van der Waals surface area contributed by atoms with Gasteiger partial charge in [0, 0.05) is 21.4 Å². The molecule has 1 aliphatic carbocycles. The molecule has 1 N–H and O–H groups in total. The number of hydrogen-bond acceptors (Lipinski definition) is 5. The lowest BCUT2D eigenvalue weighted by atomic mass is 9.83. The average Bonchev–Trinajstić information content (AvgIpc) is 3.47. The van der Waals surface area contributed by atoms with Crippen molar-refractivity contribution in [2.75, 3.05) is 11.5 Å². The van der Waals surface area contributed by atoms with Crippen molar-refractivity contribution in [2.45, 2.75) is 30.8 Å². The van der Waals surface area contributed by atoms with Gasteiger partial charge >= 0.3 is 0 Å². The van der Waals surface area contributed by atoms with Gasteiger partial charge < -0.3 is 5.32 Å². The smallest absolute Gasteiger partial charge is 0.263 e. The molecule has 0 saturated carbocycles. The van der Waals surface area contributed by atoms with Crippen molar-refractivity contribution in [3.05, 3.63) is 97.8 Å². The van der Waals surface area contributed by atoms with Gasteiger partial charge in [0.25, 0.3) is 5.91 Å². The first kappa shape index (κ1) is 20.6. The molecule has 162 valence electrons. The molecule has 2 aromatic carbocycles. The summed E-state index contributed by atoms with van der Waals surface area (Å²) in [6.07, 6.45) is 5.35. The lowest BCUT2D eigenvalue weighted by Gasteiger charge is -2.43. The predicted octanol–water partition coefficient (Wildman–Crippen LogP) is 6.36. The second kappa shape index (κ2) is 8.73. The van der Waals surface area contributed by atoms with E-state index in [4.69, 9.17) is 0 Å². The van der Waals surface area contributed by atoms with Crippen molar-refractivity contribution in [3.63, 3.8) is 0 Å². The minimum atomic E-state index is -0.0773. The molecule has 3 aliphatic heterocycles. The number of nitrogens with zero attached hydrogens (tertiary/aromatic N) is 1. The molecule has 2 atom stereocenters. The molecular formula is C26H24N2OS3. The Kier molecular flexibility index (Phi) is 5.61. The van der Waals surface area contributed by atoms with Crippen LogP contribution >= 0.6 is 35.3 Å². The van der Waals surface area contributed by atoms with Crippen LogP contribution in [0.4, 0.5) is 0 Å². The molecule has 6 heteroatoms. The molecule has 6 rings (SSSR count). The first-order valence-corrected chi connectivity index (χ1v) is 13.9. The second-order valence-corrected chi connectivity index (χ2v) is 11.9. The van der Waals surface area contributed by atoms with Gasteiger partial charge in [0.1, 0.15) is 0 Å². The zero-order chi connectivity index (χ0) is 21.5. The Bertz CT molecular complexity index is 1130. The van der Waals surface area contributed by atoms with E-state index in [-0.39, 0.29) is 17.4 Å². The van der Waals surface area contributed by atoms with Gasteiger partial charge in [-0.3, -0.25) is 9.69 Å². The van der Waals surface area contributed by atoms with Crippen molar-refractivity contribution in [2.24, 2.45) is 0 Å². The molecule has 2 aromatic rings. The van der Waals surface area contributed by atoms with Crippen LogP contribution in [0.15, 0.2) is 86.6 Å². The summed E-state index contributed by atoms with van der Waals surface area (Å²) in [7, 11) is 0. The Hall–Kier alpha value is -2.02. The number of carbonyl (C=O) groups excluding carboxylic acids is 1. The van der Waals surface area contributed by atoms with Gasteiger partial charge in [0.2, 0.25) is 0 Å². The molecule has 4 aliphatic rings. The number of thioether (sulfide) groups is 3. The Labute approximate surface area is 201 Å². The Morgan fingerprint density at radius 1 is 0.938 bits per heavy atom. The molecular weight excluding hydrogens is 453 g/mol. The SMILES string of the molecule is O=C1C(=Cc2ccccc2)SC2NC3=C(CCCC3=C3SCCS3)C(c3ccccc3)N12. The van der Waals surface area contributed by atoms with E-state index in [9.17, 15) is 4.79 Å². The molecule has 2 unspecified atom stereocenters. The van der Waals surface area contributed by atoms with Crippen molar-refractivity contribution in [1.29, 1.82) is 0 Å². The highest BCUT2D eigenvalue weighted by Gasteiger charge is 2.47. The van der Waals surface area contributed by atoms with Crippen LogP contribution in [0.3, 0.4) is 0 Å². The van der Waals surface area contributed by atoms with Crippen LogP contribution in [0.5, 0.6) is 0 Å². The van der Waals surface area contributed by atoms with Crippen molar-refractivity contribution >= 4 is 47.3 Å². The highest BCUT2D eigenvalue weighted by Crippen LogP contribution is 2.52. The molecule has 0 aromatic heterocycles. The number of allylic oxidation sites excluding steroid dienone is 1. The number of carbonyl (C=O) groups is 1. The number of benzene rings is 2. The summed E-state index contributed by atoms with van der Waals surface area (Å²) in [6.45, 7) is 0. The van der Waals surface area contributed by atoms with Crippen molar-refractivity contribution < 1.29 is 4.79 Å². The summed E-state index contributed by atoms with van der Waals surface area (Å²) >= 11 is 5.65. The first-order valence-electron chi connectivity index (χ1n) is 11.1. The van der Waals surface area contributed by atoms with E-state index in [0.717, 1.165) is 29.7 Å². The van der Waals surface area contributed by atoms with Gasteiger partial charge in [-0.1, -0.05) is 72.4 Å². The summed E-state index contributed by atoms with van der Waals surface area (Å²) in [5.41, 5.74) is 6.37. The van der Waals surface area contributed by atoms with E-state index in [1.54, 1.807) is 11.8 Å². The van der Waals surface area contributed by atoms with Crippen molar-refractivity contribution in [3.8, 4) is 0 Å². The minimum Gasteiger partial charge on any atom is -0.356 e. The summed E-state index contributed by atoms with van der Waals surface area (Å²) in [5, 5.41) is 3.81. The highest BCUT2D eigenvalue weighted by molar-refractivity contribution is 8.25. The lowest BCUT2D eigenvalue weighted by Crippen LogP contribution is -2.49. The fourth-order valence-corrected chi connectivity index (χ4v) is 8.73. The monoisotopic (exact) mass is 476 g/mol. The summed E-state index contributed by atoms with van der Waals surface area (Å²) < 4.78 is 1.49. The van der Waals surface area contributed by atoms with Crippen LogP contribution in [-0.4, -0.2) is 27.8 Å². The molecule has 3 nitrogen and oxygen atoms in total. The van der Waals surface area contributed by atoms with E-state index < -0.39 is 0 Å². The number of rotatable bonds is 2. The van der Waals surface area contributed by atoms with E-state index in [1.165, 1.54) is 38.1 Å². The molecule has 2 saturated heterocycles. The quantitative estimate of drug-likeness (QED) is 0.510. The topological polar surface area (TPSA) is 32.3 Å². The summed E-state index contributed by atoms with van der Waals surface area (Å²) in [6, 6.07) is 20.7. The van der Waals surface area contributed by atoms with Gasteiger partial charge in [-0.25, -0.2) is 0 Å².